The van der Waals surface area contributed by atoms with Crippen molar-refractivity contribution in [3.8, 4) is 11.5 Å². The van der Waals surface area contributed by atoms with Gasteiger partial charge in [-0.15, -0.1) is 0 Å². The molecule has 0 amide bonds. The van der Waals surface area contributed by atoms with Gasteiger partial charge in [-0.3, -0.25) is 0 Å². The average Bonchev–Trinajstić information content (AvgIpc) is 2.60. The van der Waals surface area contributed by atoms with Crippen LogP contribution >= 0.6 is 0 Å². The number of para-hydroxylation sites is 1. The first-order valence-corrected chi connectivity index (χ1v) is 8.92. The largest absolute Gasteiger partial charge is 0.493 e. The van der Waals surface area contributed by atoms with Crippen LogP contribution in [0.15, 0.2) is 18.2 Å². The number of hydrogen-bond acceptors (Lipinski definition) is 4. The van der Waals surface area contributed by atoms with Gasteiger partial charge < -0.3 is 19.5 Å². The summed E-state index contributed by atoms with van der Waals surface area (Å²) in [6, 6.07) is 6.07. The van der Waals surface area contributed by atoms with Gasteiger partial charge in [-0.2, -0.15) is 0 Å². The van der Waals surface area contributed by atoms with E-state index in [9.17, 15) is 0 Å². The molecular weight excluding hydrogens is 290 g/mol. The maximum atomic E-state index is 5.91. The standard InChI is InChI=1S/C19H31NO3/c1-3-22-12-13-23-19-17(10-7-11-18(19)21-2)15-20-14-16-8-5-4-6-9-16/h7,10-11,16,20H,3-6,8-9,12-15H2,1-2H3. The third-order valence-electron chi connectivity index (χ3n) is 4.43. The molecule has 2 rings (SSSR count). The zero-order chi connectivity index (χ0) is 16.3. The van der Waals surface area contributed by atoms with Crippen LogP contribution in [-0.4, -0.2) is 33.5 Å². The lowest BCUT2D eigenvalue weighted by Gasteiger charge is -2.22. The van der Waals surface area contributed by atoms with E-state index < -0.39 is 0 Å². The van der Waals surface area contributed by atoms with Gasteiger partial charge in [0.2, 0.25) is 0 Å². The molecule has 23 heavy (non-hydrogen) atoms. The van der Waals surface area contributed by atoms with Crippen molar-refractivity contribution >= 4 is 0 Å². The van der Waals surface area contributed by atoms with Crippen molar-refractivity contribution in [1.29, 1.82) is 0 Å². The van der Waals surface area contributed by atoms with Crippen LogP contribution in [0.4, 0.5) is 0 Å². The summed E-state index contributed by atoms with van der Waals surface area (Å²) in [5, 5.41) is 3.60. The van der Waals surface area contributed by atoms with Crippen LogP contribution in [0.1, 0.15) is 44.6 Å². The van der Waals surface area contributed by atoms with E-state index in [2.05, 4.69) is 11.4 Å². The Labute approximate surface area is 140 Å². The second-order valence-corrected chi connectivity index (χ2v) is 6.13. The molecule has 0 aromatic heterocycles. The summed E-state index contributed by atoms with van der Waals surface area (Å²) in [5.74, 6) is 2.46. The minimum atomic E-state index is 0.545. The maximum absolute atomic E-state index is 5.91. The maximum Gasteiger partial charge on any atom is 0.165 e. The topological polar surface area (TPSA) is 39.7 Å². The van der Waals surface area contributed by atoms with Crippen molar-refractivity contribution in [1.82, 2.24) is 5.32 Å². The van der Waals surface area contributed by atoms with Crippen LogP contribution in [0, 0.1) is 5.92 Å². The number of ether oxygens (including phenoxy) is 3. The molecule has 0 atom stereocenters. The first-order valence-electron chi connectivity index (χ1n) is 8.92. The van der Waals surface area contributed by atoms with E-state index in [-0.39, 0.29) is 0 Å². The molecular formula is C19H31NO3. The van der Waals surface area contributed by atoms with Crippen molar-refractivity contribution in [2.45, 2.75) is 45.6 Å². The molecule has 0 bridgehead atoms. The number of nitrogens with one attached hydrogen (secondary N) is 1. The molecule has 0 saturated heterocycles. The highest BCUT2D eigenvalue weighted by Crippen LogP contribution is 2.31. The van der Waals surface area contributed by atoms with Crippen molar-refractivity contribution in [3.05, 3.63) is 23.8 Å². The highest BCUT2D eigenvalue weighted by atomic mass is 16.5. The Morgan fingerprint density at radius 2 is 1.96 bits per heavy atom. The summed E-state index contributed by atoms with van der Waals surface area (Å²) in [6.45, 7) is 5.76. The van der Waals surface area contributed by atoms with E-state index >= 15 is 0 Å². The van der Waals surface area contributed by atoms with Gasteiger partial charge in [0.05, 0.1) is 13.7 Å². The highest BCUT2D eigenvalue weighted by molar-refractivity contribution is 5.46. The lowest BCUT2D eigenvalue weighted by atomic mass is 9.89. The summed E-state index contributed by atoms with van der Waals surface area (Å²) in [6.07, 6.45) is 6.91. The fourth-order valence-corrected chi connectivity index (χ4v) is 3.17. The van der Waals surface area contributed by atoms with Gasteiger partial charge in [-0.25, -0.2) is 0 Å². The number of rotatable bonds is 10. The Kier molecular flexibility index (Phi) is 8.26. The van der Waals surface area contributed by atoms with Gasteiger partial charge in [0.1, 0.15) is 6.61 Å². The van der Waals surface area contributed by atoms with Gasteiger partial charge in [0.15, 0.2) is 11.5 Å². The van der Waals surface area contributed by atoms with Crippen LogP contribution in [0.25, 0.3) is 0 Å². The monoisotopic (exact) mass is 321 g/mol. The Morgan fingerprint density at radius 3 is 2.70 bits per heavy atom. The molecule has 4 nitrogen and oxygen atoms in total. The summed E-state index contributed by atoms with van der Waals surface area (Å²) >= 11 is 0. The Balaban J connectivity index is 1.87. The number of benzene rings is 1. The van der Waals surface area contributed by atoms with Crippen LogP contribution in [0.2, 0.25) is 0 Å². The predicted octanol–water partition coefficient (Wildman–Crippen LogP) is 3.78. The summed E-state index contributed by atoms with van der Waals surface area (Å²) in [7, 11) is 1.68. The molecule has 0 spiro atoms. The van der Waals surface area contributed by atoms with E-state index in [1.165, 1.54) is 32.1 Å². The van der Waals surface area contributed by atoms with Gasteiger partial charge in [0.25, 0.3) is 0 Å². The summed E-state index contributed by atoms with van der Waals surface area (Å²) in [4.78, 5) is 0. The molecule has 1 aromatic carbocycles. The Morgan fingerprint density at radius 1 is 1.13 bits per heavy atom. The predicted molar refractivity (Wildman–Crippen MR) is 93.3 cm³/mol. The van der Waals surface area contributed by atoms with E-state index in [4.69, 9.17) is 14.2 Å². The lowest BCUT2D eigenvalue weighted by molar-refractivity contribution is 0.108. The molecule has 1 saturated carbocycles. The molecule has 4 heteroatoms. The van der Waals surface area contributed by atoms with Gasteiger partial charge in [-0.05, 0) is 38.3 Å². The molecule has 1 N–H and O–H groups in total. The van der Waals surface area contributed by atoms with Crippen molar-refractivity contribution in [2.24, 2.45) is 5.92 Å². The fourth-order valence-electron chi connectivity index (χ4n) is 3.17. The minimum Gasteiger partial charge on any atom is -0.493 e. The van der Waals surface area contributed by atoms with Crippen LogP contribution in [-0.2, 0) is 11.3 Å². The Hall–Kier alpha value is -1.26. The fraction of sp³-hybridized carbons (Fsp3) is 0.684. The highest BCUT2D eigenvalue weighted by Gasteiger charge is 2.14. The summed E-state index contributed by atoms with van der Waals surface area (Å²) in [5.41, 5.74) is 1.15. The molecule has 1 aliphatic rings. The Bertz CT molecular complexity index is 444. The second kappa shape index (κ2) is 10.5. The molecule has 0 unspecified atom stereocenters. The number of hydrogen-bond donors (Lipinski definition) is 1. The van der Waals surface area contributed by atoms with Gasteiger partial charge >= 0.3 is 0 Å². The first kappa shape index (κ1) is 18.1. The normalized spacial score (nSPS) is 15.6. The van der Waals surface area contributed by atoms with E-state index in [0.29, 0.717) is 19.8 Å². The van der Waals surface area contributed by atoms with E-state index in [1.807, 2.05) is 19.1 Å². The smallest absolute Gasteiger partial charge is 0.165 e. The van der Waals surface area contributed by atoms with E-state index in [0.717, 1.165) is 36.1 Å². The van der Waals surface area contributed by atoms with Crippen LogP contribution in [0.5, 0.6) is 11.5 Å². The second-order valence-electron chi connectivity index (χ2n) is 6.13. The first-order chi connectivity index (χ1) is 11.3. The average molecular weight is 321 g/mol. The molecule has 0 radical (unpaired) electrons. The molecule has 0 heterocycles. The molecule has 130 valence electrons. The molecule has 1 fully saturated rings. The number of methoxy groups -OCH3 is 1. The summed E-state index contributed by atoms with van der Waals surface area (Å²) < 4.78 is 16.7. The van der Waals surface area contributed by atoms with E-state index in [1.54, 1.807) is 7.11 Å². The molecule has 1 aromatic rings. The van der Waals surface area contributed by atoms with Crippen molar-refractivity contribution in [3.63, 3.8) is 0 Å². The lowest BCUT2D eigenvalue weighted by Crippen LogP contribution is -2.24. The quantitative estimate of drug-likeness (QED) is 0.666. The third-order valence-corrected chi connectivity index (χ3v) is 4.43. The van der Waals surface area contributed by atoms with Crippen LogP contribution < -0.4 is 14.8 Å². The van der Waals surface area contributed by atoms with Crippen molar-refractivity contribution < 1.29 is 14.2 Å². The van der Waals surface area contributed by atoms with Gasteiger partial charge in [0, 0.05) is 18.7 Å². The zero-order valence-corrected chi connectivity index (χ0v) is 14.6. The molecule has 0 aliphatic heterocycles. The van der Waals surface area contributed by atoms with Crippen LogP contribution in [0.3, 0.4) is 0 Å². The molecule has 1 aliphatic carbocycles. The third kappa shape index (κ3) is 6.04. The zero-order valence-electron chi connectivity index (χ0n) is 14.6. The van der Waals surface area contributed by atoms with Crippen molar-refractivity contribution in [2.75, 3.05) is 33.5 Å². The SMILES string of the molecule is CCOCCOc1c(CNCC2CCCCC2)cccc1OC. The minimum absolute atomic E-state index is 0.545. The van der Waals surface area contributed by atoms with Gasteiger partial charge in [-0.1, -0.05) is 31.4 Å².